The zero-order chi connectivity index (χ0) is 9.71. The largest absolute Gasteiger partial charge is 0.508 e. The lowest BCUT2D eigenvalue weighted by molar-refractivity contribution is 0.475. The summed E-state index contributed by atoms with van der Waals surface area (Å²) in [5, 5.41) is 9.79. The number of hydrogen-bond acceptors (Lipinski definition) is 2. The number of aromatic hydroxyl groups is 1. The van der Waals surface area contributed by atoms with Gasteiger partial charge in [-0.25, -0.2) is 4.98 Å². The molecule has 0 atom stereocenters. The van der Waals surface area contributed by atoms with Crippen LogP contribution in [0.3, 0.4) is 0 Å². The molecule has 0 unspecified atom stereocenters. The van der Waals surface area contributed by atoms with Gasteiger partial charge in [0.2, 0.25) is 0 Å². The van der Waals surface area contributed by atoms with Crippen molar-refractivity contribution in [3.05, 3.63) is 29.3 Å². The first-order valence-electron chi connectivity index (χ1n) is 4.62. The lowest BCUT2D eigenvalue weighted by Gasteiger charge is -1.98. The van der Waals surface area contributed by atoms with Crippen LogP contribution in [0.15, 0.2) is 18.3 Å². The van der Waals surface area contributed by atoms with E-state index in [1.807, 2.05) is 10.6 Å². The second kappa shape index (κ2) is 2.64. The standard InChI is InChI=1S/C10H9ClN2O/c11-9-8-5-7(14)3-4-13(8)10(12-9)6-1-2-6/h3-6,14H,1-2H2. The Kier molecular flexibility index (Phi) is 1.53. The Morgan fingerprint density at radius 3 is 3.00 bits per heavy atom. The van der Waals surface area contributed by atoms with Crippen molar-refractivity contribution in [2.45, 2.75) is 18.8 Å². The lowest BCUT2D eigenvalue weighted by Crippen LogP contribution is -1.90. The molecule has 3 rings (SSSR count). The van der Waals surface area contributed by atoms with E-state index in [-0.39, 0.29) is 5.75 Å². The summed E-state index contributed by atoms with van der Waals surface area (Å²) in [7, 11) is 0. The topological polar surface area (TPSA) is 37.5 Å². The van der Waals surface area contributed by atoms with E-state index in [9.17, 15) is 5.11 Å². The summed E-state index contributed by atoms with van der Waals surface area (Å²) in [6.45, 7) is 0. The van der Waals surface area contributed by atoms with Crippen molar-refractivity contribution >= 4 is 17.1 Å². The van der Waals surface area contributed by atoms with Crippen molar-refractivity contribution in [2.75, 3.05) is 0 Å². The minimum absolute atomic E-state index is 0.224. The Morgan fingerprint density at radius 1 is 1.50 bits per heavy atom. The maximum absolute atomic E-state index is 9.32. The number of pyridine rings is 1. The molecule has 2 heterocycles. The van der Waals surface area contributed by atoms with Gasteiger partial charge in [-0.1, -0.05) is 11.6 Å². The molecule has 1 saturated carbocycles. The van der Waals surface area contributed by atoms with Crippen LogP contribution in [-0.2, 0) is 0 Å². The summed E-state index contributed by atoms with van der Waals surface area (Å²) in [6.07, 6.45) is 4.20. The molecule has 2 aromatic rings. The maximum atomic E-state index is 9.32. The third kappa shape index (κ3) is 1.09. The highest BCUT2D eigenvalue weighted by atomic mass is 35.5. The summed E-state index contributed by atoms with van der Waals surface area (Å²) >= 11 is 5.98. The van der Waals surface area contributed by atoms with Crippen LogP contribution in [0.4, 0.5) is 0 Å². The summed E-state index contributed by atoms with van der Waals surface area (Å²) in [5.74, 6) is 1.80. The zero-order valence-corrected chi connectivity index (χ0v) is 8.20. The minimum Gasteiger partial charge on any atom is -0.508 e. The Labute approximate surface area is 86.0 Å². The van der Waals surface area contributed by atoms with Crippen LogP contribution in [-0.4, -0.2) is 14.5 Å². The molecule has 0 bridgehead atoms. The van der Waals surface area contributed by atoms with Crippen molar-refractivity contribution in [2.24, 2.45) is 0 Å². The number of nitrogens with zero attached hydrogens (tertiary/aromatic N) is 2. The smallest absolute Gasteiger partial charge is 0.155 e. The minimum atomic E-state index is 0.224. The quantitative estimate of drug-likeness (QED) is 0.782. The van der Waals surface area contributed by atoms with E-state index in [1.54, 1.807) is 12.1 Å². The van der Waals surface area contributed by atoms with Gasteiger partial charge >= 0.3 is 0 Å². The third-order valence-electron chi connectivity index (χ3n) is 2.55. The van der Waals surface area contributed by atoms with Crippen LogP contribution in [0.1, 0.15) is 24.6 Å². The molecule has 72 valence electrons. The highest BCUT2D eigenvalue weighted by molar-refractivity contribution is 6.32. The van der Waals surface area contributed by atoms with Crippen molar-refractivity contribution < 1.29 is 5.11 Å². The third-order valence-corrected chi connectivity index (χ3v) is 2.83. The number of aromatic nitrogens is 2. The van der Waals surface area contributed by atoms with Gasteiger partial charge in [-0.15, -0.1) is 0 Å². The first-order chi connectivity index (χ1) is 6.75. The molecule has 0 spiro atoms. The molecule has 1 aliphatic carbocycles. The van der Waals surface area contributed by atoms with Gasteiger partial charge in [0.05, 0.1) is 5.52 Å². The number of hydrogen-bond donors (Lipinski definition) is 1. The predicted octanol–water partition coefficient (Wildman–Crippen LogP) is 2.57. The van der Waals surface area contributed by atoms with E-state index in [4.69, 9.17) is 11.6 Å². The number of rotatable bonds is 1. The van der Waals surface area contributed by atoms with Crippen molar-refractivity contribution in [1.29, 1.82) is 0 Å². The maximum Gasteiger partial charge on any atom is 0.155 e. The Morgan fingerprint density at radius 2 is 2.29 bits per heavy atom. The van der Waals surface area contributed by atoms with Gasteiger partial charge in [-0.2, -0.15) is 0 Å². The van der Waals surface area contributed by atoms with Gasteiger partial charge in [0, 0.05) is 18.2 Å². The number of fused-ring (bicyclic) bond motifs is 1. The first-order valence-corrected chi connectivity index (χ1v) is 5.00. The van der Waals surface area contributed by atoms with Crippen LogP contribution in [0.2, 0.25) is 5.15 Å². The predicted molar refractivity (Wildman–Crippen MR) is 53.8 cm³/mol. The van der Waals surface area contributed by atoms with Crippen LogP contribution < -0.4 is 0 Å². The Bertz CT molecular complexity index is 502. The molecule has 1 aliphatic rings. The average Bonchev–Trinajstić information content (AvgIpc) is 2.94. The monoisotopic (exact) mass is 208 g/mol. The Hall–Kier alpha value is -1.22. The van der Waals surface area contributed by atoms with E-state index < -0.39 is 0 Å². The molecule has 0 saturated heterocycles. The molecular weight excluding hydrogens is 200 g/mol. The van der Waals surface area contributed by atoms with Crippen molar-refractivity contribution in [3.8, 4) is 5.75 Å². The number of halogens is 1. The fourth-order valence-electron chi connectivity index (χ4n) is 1.69. The fraction of sp³-hybridized carbons (Fsp3) is 0.300. The first kappa shape index (κ1) is 8.12. The van der Waals surface area contributed by atoms with Gasteiger partial charge in [0.15, 0.2) is 5.15 Å². The van der Waals surface area contributed by atoms with Crippen molar-refractivity contribution in [1.82, 2.24) is 9.38 Å². The highest BCUT2D eigenvalue weighted by Crippen LogP contribution is 2.40. The van der Waals surface area contributed by atoms with Gasteiger partial charge in [0.1, 0.15) is 11.6 Å². The summed E-state index contributed by atoms with van der Waals surface area (Å²) in [4.78, 5) is 4.31. The highest BCUT2D eigenvalue weighted by Gasteiger charge is 2.28. The molecule has 4 heteroatoms. The molecule has 14 heavy (non-hydrogen) atoms. The van der Waals surface area contributed by atoms with Gasteiger partial charge in [0.25, 0.3) is 0 Å². The second-order valence-electron chi connectivity index (χ2n) is 3.68. The number of imidazole rings is 1. The molecule has 0 amide bonds. The van der Waals surface area contributed by atoms with Crippen LogP contribution in [0, 0.1) is 0 Å². The van der Waals surface area contributed by atoms with Gasteiger partial charge in [-0.3, -0.25) is 0 Å². The van der Waals surface area contributed by atoms with E-state index in [0.29, 0.717) is 11.1 Å². The second-order valence-corrected chi connectivity index (χ2v) is 4.03. The molecule has 1 N–H and O–H groups in total. The molecule has 0 radical (unpaired) electrons. The molecule has 0 aliphatic heterocycles. The van der Waals surface area contributed by atoms with E-state index in [1.165, 1.54) is 12.8 Å². The van der Waals surface area contributed by atoms with E-state index in [2.05, 4.69) is 4.98 Å². The van der Waals surface area contributed by atoms with Crippen LogP contribution >= 0.6 is 11.6 Å². The molecule has 0 aromatic carbocycles. The fourth-order valence-corrected chi connectivity index (χ4v) is 1.92. The molecule has 1 fully saturated rings. The SMILES string of the molecule is Oc1ccn2c(C3CC3)nc(Cl)c2c1. The summed E-state index contributed by atoms with van der Waals surface area (Å²) in [5.41, 5.74) is 0.786. The van der Waals surface area contributed by atoms with Crippen molar-refractivity contribution in [3.63, 3.8) is 0 Å². The van der Waals surface area contributed by atoms with E-state index >= 15 is 0 Å². The van der Waals surface area contributed by atoms with Crippen LogP contribution in [0.25, 0.3) is 5.52 Å². The Balaban J connectivity index is 2.32. The zero-order valence-electron chi connectivity index (χ0n) is 7.44. The summed E-state index contributed by atoms with van der Waals surface area (Å²) < 4.78 is 1.96. The van der Waals surface area contributed by atoms with Crippen LogP contribution in [0.5, 0.6) is 5.75 Å². The summed E-state index contributed by atoms with van der Waals surface area (Å²) in [6, 6.07) is 3.29. The van der Waals surface area contributed by atoms with Gasteiger partial charge < -0.3 is 9.51 Å². The average molecular weight is 209 g/mol. The normalized spacial score (nSPS) is 16.4. The molecular formula is C10H9ClN2O. The lowest BCUT2D eigenvalue weighted by atomic mass is 10.3. The van der Waals surface area contributed by atoms with Gasteiger partial charge in [-0.05, 0) is 18.9 Å². The van der Waals surface area contributed by atoms with E-state index in [0.717, 1.165) is 11.3 Å². The molecule has 3 nitrogen and oxygen atoms in total. The molecule has 2 aromatic heterocycles.